The van der Waals surface area contributed by atoms with E-state index in [4.69, 9.17) is 19.4 Å². The van der Waals surface area contributed by atoms with Gasteiger partial charge in [0.25, 0.3) is 0 Å². The van der Waals surface area contributed by atoms with Gasteiger partial charge in [0.05, 0.1) is 5.52 Å². The molecule has 0 N–H and O–H groups in total. The number of aryl methyl sites for hydroxylation is 1. The molecule has 6 aromatic carbocycles. The van der Waals surface area contributed by atoms with E-state index in [1.54, 1.807) is 0 Å². The fraction of sp³-hybridized carbons (Fsp3) is 0.0444. The highest BCUT2D eigenvalue weighted by atomic mass is 16.3. The SMILES string of the molecule is C1=Cc2c(c3ccc(-c4ccccc4)cc3n2-c2ccc3oc4cc(-c5nc(-c6ccccc6)nc(-c6ccccc6)n5)ccc4c3c2)CC1. The van der Waals surface area contributed by atoms with Crippen LogP contribution in [0.4, 0.5) is 0 Å². The van der Waals surface area contributed by atoms with Gasteiger partial charge in [-0.3, -0.25) is 0 Å². The monoisotopic (exact) mass is 642 g/mol. The molecule has 1 aliphatic carbocycles. The Morgan fingerprint density at radius 2 is 1.10 bits per heavy atom. The molecule has 0 bridgehead atoms. The molecule has 0 amide bonds. The first-order valence-electron chi connectivity index (χ1n) is 17.0. The molecule has 0 unspecified atom stereocenters. The van der Waals surface area contributed by atoms with Gasteiger partial charge in [0, 0.05) is 44.2 Å². The first-order valence-corrected chi connectivity index (χ1v) is 17.0. The Balaban J connectivity index is 1.11. The second kappa shape index (κ2) is 11.5. The van der Waals surface area contributed by atoms with E-state index in [9.17, 15) is 0 Å². The number of furan rings is 1. The summed E-state index contributed by atoms with van der Waals surface area (Å²) in [4.78, 5) is 14.7. The molecule has 5 nitrogen and oxygen atoms in total. The largest absolute Gasteiger partial charge is 0.456 e. The number of hydrogen-bond acceptors (Lipinski definition) is 4. The van der Waals surface area contributed by atoms with Gasteiger partial charge in [-0.05, 0) is 72.0 Å². The first-order chi connectivity index (χ1) is 24.8. The topological polar surface area (TPSA) is 56.7 Å². The minimum atomic E-state index is 0.604. The minimum absolute atomic E-state index is 0.604. The van der Waals surface area contributed by atoms with Crippen molar-refractivity contribution in [3.8, 4) is 51.0 Å². The van der Waals surface area contributed by atoms with Crippen molar-refractivity contribution in [1.82, 2.24) is 19.5 Å². The maximum Gasteiger partial charge on any atom is 0.164 e. The normalized spacial score (nSPS) is 12.6. The summed E-state index contributed by atoms with van der Waals surface area (Å²) >= 11 is 0. The zero-order valence-electron chi connectivity index (χ0n) is 27.1. The number of fused-ring (bicyclic) bond motifs is 6. The molecule has 1 aliphatic rings. The van der Waals surface area contributed by atoms with Crippen LogP contribution in [0, 0.1) is 0 Å². The van der Waals surface area contributed by atoms with Crippen LogP contribution in [0.25, 0.3) is 89.9 Å². The van der Waals surface area contributed by atoms with Crippen molar-refractivity contribution in [2.45, 2.75) is 12.8 Å². The molecule has 10 rings (SSSR count). The first kappa shape index (κ1) is 28.4. The number of hydrogen-bond donors (Lipinski definition) is 0. The van der Waals surface area contributed by atoms with Gasteiger partial charge < -0.3 is 8.98 Å². The van der Waals surface area contributed by atoms with E-state index in [2.05, 4.69) is 102 Å². The molecule has 0 fully saturated rings. The van der Waals surface area contributed by atoms with Gasteiger partial charge in [0.15, 0.2) is 17.5 Å². The van der Waals surface area contributed by atoms with E-state index in [1.807, 2.05) is 60.7 Å². The van der Waals surface area contributed by atoms with Gasteiger partial charge in [-0.1, -0.05) is 115 Å². The zero-order valence-corrected chi connectivity index (χ0v) is 27.1. The van der Waals surface area contributed by atoms with E-state index in [1.165, 1.54) is 33.3 Å². The number of rotatable bonds is 5. The van der Waals surface area contributed by atoms with Crippen LogP contribution in [0.15, 0.2) is 156 Å². The summed E-state index contributed by atoms with van der Waals surface area (Å²) in [7, 11) is 0. The Labute approximate surface area is 288 Å². The van der Waals surface area contributed by atoms with E-state index >= 15 is 0 Å². The fourth-order valence-corrected chi connectivity index (χ4v) is 7.30. The number of aromatic nitrogens is 4. The molecule has 0 saturated carbocycles. The van der Waals surface area contributed by atoms with E-state index in [0.29, 0.717) is 17.5 Å². The fourth-order valence-electron chi connectivity index (χ4n) is 7.30. The Hall–Kier alpha value is -6.59. The molecular weight excluding hydrogens is 613 g/mol. The molecule has 5 heteroatoms. The predicted octanol–water partition coefficient (Wildman–Crippen LogP) is 11.3. The highest BCUT2D eigenvalue weighted by molar-refractivity contribution is 6.07. The maximum atomic E-state index is 6.50. The van der Waals surface area contributed by atoms with Crippen LogP contribution >= 0.6 is 0 Å². The molecule has 236 valence electrons. The third-order valence-corrected chi connectivity index (χ3v) is 9.73. The lowest BCUT2D eigenvalue weighted by molar-refractivity contribution is 0.669. The van der Waals surface area contributed by atoms with Crippen molar-refractivity contribution >= 4 is 38.9 Å². The van der Waals surface area contributed by atoms with E-state index in [-0.39, 0.29) is 0 Å². The van der Waals surface area contributed by atoms with Crippen molar-refractivity contribution in [3.05, 3.63) is 163 Å². The van der Waals surface area contributed by atoms with Gasteiger partial charge in [0.1, 0.15) is 11.2 Å². The molecular formula is C45H30N4O. The Bertz CT molecular complexity index is 2690. The van der Waals surface area contributed by atoms with Crippen LogP contribution in [0.2, 0.25) is 0 Å². The van der Waals surface area contributed by atoms with Gasteiger partial charge in [-0.25, -0.2) is 15.0 Å². The number of benzene rings is 6. The maximum absolute atomic E-state index is 6.50. The highest BCUT2D eigenvalue weighted by Crippen LogP contribution is 2.39. The molecule has 9 aromatic rings. The average Bonchev–Trinajstić information content (AvgIpc) is 3.73. The zero-order chi connectivity index (χ0) is 33.0. The van der Waals surface area contributed by atoms with Crippen LogP contribution in [0.5, 0.6) is 0 Å². The van der Waals surface area contributed by atoms with Crippen molar-refractivity contribution in [3.63, 3.8) is 0 Å². The quantitative estimate of drug-likeness (QED) is 0.187. The summed E-state index contributed by atoms with van der Waals surface area (Å²) in [5.74, 6) is 1.87. The third-order valence-electron chi connectivity index (χ3n) is 9.73. The predicted molar refractivity (Wildman–Crippen MR) is 203 cm³/mol. The molecule has 0 saturated heterocycles. The van der Waals surface area contributed by atoms with Gasteiger partial charge >= 0.3 is 0 Å². The van der Waals surface area contributed by atoms with Gasteiger partial charge in [0.2, 0.25) is 0 Å². The Morgan fingerprint density at radius 3 is 1.80 bits per heavy atom. The van der Waals surface area contributed by atoms with Crippen LogP contribution in [0.1, 0.15) is 17.7 Å². The Kier molecular flexibility index (Phi) is 6.56. The molecule has 3 heterocycles. The average molecular weight is 643 g/mol. The summed E-state index contributed by atoms with van der Waals surface area (Å²) in [5.41, 5.74) is 11.8. The van der Waals surface area contributed by atoms with Crippen LogP contribution in [0.3, 0.4) is 0 Å². The van der Waals surface area contributed by atoms with Gasteiger partial charge in [-0.15, -0.1) is 0 Å². The summed E-state index contributed by atoms with van der Waals surface area (Å²) < 4.78 is 8.92. The third kappa shape index (κ3) is 4.74. The lowest BCUT2D eigenvalue weighted by atomic mass is 9.99. The van der Waals surface area contributed by atoms with E-state index < -0.39 is 0 Å². The van der Waals surface area contributed by atoms with Crippen LogP contribution < -0.4 is 0 Å². The molecule has 0 atom stereocenters. The van der Waals surface area contributed by atoms with Crippen molar-refractivity contribution < 1.29 is 4.42 Å². The smallest absolute Gasteiger partial charge is 0.164 e. The van der Waals surface area contributed by atoms with Gasteiger partial charge in [-0.2, -0.15) is 0 Å². The molecule has 0 spiro atoms. The standard InChI is InChI=1S/C45H30N4O/c1-4-12-29(13-5-1)32-20-23-36-35-18-10-11-19-39(35)49(40(36)26-32)34-22-25-41-38(28-34)37-24-21-33(27-42(37)50-41)45-47-43(30-14-6-2-7-15-30)46-44(48-45)31-16-8-3-9-17-31/h1-9,11-17,19-28H,10,18H2. The minimum Gasteiger partial charge on any atom is -0.456 e. The van der Waals surface area contributed by atoms with Crippen LogP contribution in [-0.2, 0) is 6.42 Å². The summed E-state index contributed by atoms with van der Waals surface area (Å²) in [6.45, 7) is 0. The second-order valence-corrected chi connectivity index (χ2v) is 12.8. The van der Waals surface area contributed by atoms with E-state index in [0.717, 1.165) is 57.2 Å². The molecule has 0 aliphatic heterocycles. The van der Waals surface area contributed by atoms with Crippen molar-refractivity contribution in [1.29, 1.82) is 0 Å². The molecule has 0 radical (unpaired) electrons. The summed E-state index contributed by atoms with van der Waals surface area (Å²) in [5, 5.41) is 3.44. The lowest BCUT2D eigenvalue weighted by Crippen LogP contribution is -2.00. The number of allylic oxidation sites excluding steroid dienone is 1. The Morgan fingerprint density at radius 1 is 0.480 bits per heavy atom. The summed E-state index contributed by atoms with van der Waals surface area (Å²) in [6, 6.07) is 50.4. The van der Waals surface area contributed by atoms with Crippen LogP contribution in [-0.4, -0.2) is 19.5 Å². The molecule has 3 aromatic heterocycles. The van der Waals surface area contributed by atoms with Crippen molar-refractivity contribution in [2.24, 2.45) is 0 Å². The van der Waals surface area contributed by atoms with Crippen molar-refractivity contribution in [2.75, 3.05) is 0 Å². The molecule has 50 heavy (non-hydrogen) atoms. The lowest BCUT2D eigenvalue weighted by Gasteiger charge is -2.12. The summed E-state index contributed by atoms with van der Waals surface area (Å²) in [6.07, 6.45) is 6.67. The highest BCUT2D eigenvalue weighted by Gasteiger charge is 2.21. The second-order valence-electron chi connectivity index (χ2n) is 12.8. The number of nitrogens with zero attached hydrogens (tertiary/aromatic N) is 4.